The molecule has 0 N–H and O–H groups in total. The molecular weight excluding hydrogens is 486 g/mol. The van der Waals surface area contributed by atoms with Crippen LogP contribution < -0.4 is 10.3 Å². The molecule has 0 bridgehead atoms. The molecule has 0 saturated carbocycles. The number of unbranched alkanes of at least 4 members (excludes halogenated alkanes) is 3. The fourth-order valence-corrected chi connectivity index (χ4v) is 5.12. The summed E-state index contributed by atoms with van der Waals surface area (Å²) in [6, 6.07) is 22.3. The van der Waals surface area contributed by atoms with Crippen molar-refractivity contribution in [3.05, 3.63) is 100 Å². The van der Waals surface area contributed by atoms with Gasteiger partial charge in [-0.05, 0) is 61.2 Å². The van der Waals surface area contributed by atoms with E-state index in [0.717, 1.165) is 32.1 Å². The van der Waals surface area contributed by atoms with Crippen LogP contribution in [0.2, 0.25) is 0 Å². The first-order valence-corrected chi connectivity index (χ1v) is 14.1. The van der Waals surface area contributed by atoms with Crippen molar-refractivity contribution in [1.29, 1.82) is 0 Å². The van der Waals surface area contributed by atoms with Crippen molar-refractivity contribution in [2.75, 3.05) is 13.7 Å². The smallest absolute Gasteiger partial charge is 0.266 e. The number of hydrogen-bond donors (Lipinski definition) is 0. The average Bonchev–Trinajstić information content (AvgIpc) is 2.98. The van der Waals surface area contributed by atoms with Gasteiger partial charge in [0.25, 0.3) is 11.5 Å². The van der Waals surface area contributed by atoms with Crippen LogP contribution in [0.25, 0.3) is 16.6 Å². The van der Waals surface area contributed by atoms with E-state index in [4.69, 9.17) is 9.72 Å². The van der Waals surface area contributed by atoms with Crippen LogP contribution in [-0.2, 0) is 6.42 Å². The van der Waals surface area contributed by atoms with Crippen LogP contribution in [-0.4, -0.2) is 34.0 Å². The summed E-state index contributed by atoms with van der Waals surface area (Å²) < 4.78 is 7.30. The highest BCUT2D eigenvalue weighted by molar-refractivity contribution is 5.94. The summed E-state index contributed by atoms with van der Waals surface area (Å²) in [6.45, 7) is 6.91. The van der Waals surface area contributed by atoms with Gasteiger partial charge in [0.1, 0.15) is 11.6 Å². The Labute approximate surface area is 231 Å². The number of rotatable bonds is 12. The molecule has 204 valence electrons. The first-order chi connectivity index (χ1) is 19.0. The Bertz CT molecular complexity index is 1460. The number of ether oxygens (including phenoxy) is 1. The summed E-state index contributed by atoms with van der Waals surface area (Å²) in [4.78, 5) is 35.1. The van der Waals surface area contributed by atoms with Crippen molar-refractivity contribution >= 4 is 16.8 Å². The Morgan fingerprint density at radius 1 is 0.923 bits per heavy atom. The molecule has 0 aliphatic carbocycles. The van der Waals surface area contributed by atoms with Crippen LogP contribution in [0, 0.1) is 0 Å². The fourth-order valence-electron chi connectivity index (χ4n) is 5.12. The second-order valence-corrected chi connectivity index (χ2v) is 9.83. The van der Waals surface area contributed by atoms with E-state index in [-0.39, 0.29) is 11.5 Å². The van der Waals surface area contributed by atoms with Crippen molar-refractivity contribution in [2.45, 2.75) is 65.3 Å². The number of methoxy groups -OCH3 is 1. The van der Waals surface area contributed by atoms with Gasteiger partial charge in [-0.2, -0.15) is 0 Å². The Hall–Kier alpha value is -3.93. The van der Waals surface area contributed by atoms with Gasteiger partial charge in [0.15, 0.2) is 0 Å². The number of benzene rings is 3. The molecule has 1 heterocycles. The first kappa shape index (κ1) is 28.1. The van der Waals surface area contributed by atoms with E-state index < -0.39 is 6.04 Å². The van der Waals surface area contributed by atoms with Crippen LogP contribution in [0.15, 0.2) is 77.6 Å². The van der Waals surface area contributed by atoms with E-state index >= 15 is 0 Å². The zero-order chi connectivity index (χ0) is 27.8. The summed E-state index contributed by atoms with van der Waals surface area (Å²) in [5.41, 5.74) is 2.89. The second-order valence-electron chi connectivity index (χ2n) is 9.83. The van der Waals surface area contributed by atoms with E-state index in [1.165, 1.54) is 5.56 Å². The van der Waals surface area contributed by atoms with Gasteiger partial charge < -0.3 is 9.64 Å². The van der Waals surface area contributed by atoms with Gasteiger partial charge >= 0.3 is 0 Å². The largest absolute Gasteiger partial charge is 0.495 e. The number of fused-ring (bicyclic) bond motifs is 1. The van der Waals surface area contributed by atoms with Crippen LogP contribution in [0.5, 0.6) is 5.75 Å². The quantitative estimate of drug-likeness (QED) is 0.185. The van der Waals surface area contributed by atoms with Crippen molar-refractivity contribution in [2.24, 2.45) is 0 Å². The Balaban J connectivity index is 1.91. The highest BCUT2D eigenvalue weighted by atomic mass is 16.5. The standard InChI is InChI=1S/C33H39N3O3/c1-5-8-9-14-23-35(32(37)25-21-19-24(6-2)20-22-25)28(7-3)31-34-27-16-11-10-15-26(27)33(38)36(31)29-17-12-13-18-30(29)39-4/h10-13,15-22,28H,5-9,14,23H2,1-4H3. The molecule has 0 aliphatic heterocycles. The highest BCUT2D eigenvalue weighted by Crippen LogP contribution is 2.31. The fraction of sp³-hybridized carbons (Fsp3) is 0.364. The van der Waals surface area contributed by atoms with Gasteiger partial charge in [0.2, 0.25) is 0 Å². The molecule has 1 amide bonds. The van der Waals surface area contributed by atoms with E-state index in [1.807, 2.05) is 78.6 Å². The lowest BCUT2D eigenvalue weighted by molar-refractivity contribution is 0.0654. The van der Waals surface area contributed by atoms with E-state index in [2.05, 4.69) is 13.8 Å². The number of aryl methyl sites for hydroxylation is 1. The monoisotopic (exact) mass is 525 g/mol. The van der Waals surface area contributed by atoms with Crippen molar-refractivity contribution in [3.8, 4) is 11.4 Å². The van der Waals surface area contributed by atoms with E-state index in [9.17, 15) is 9.59 Å². The molecule has 0 fully saturated rings. The number of nitrogens with zero attached hydrogens (tertiary/aromatic N) is 3. The number of carbonyl (C=O) groups is 1. The molecule has 4 rings (SSSR count). The molecule has 0 aliphatic rings. The van der Waals surface area contributed by atoms with Gasteiger partial charge in [-0.1, -0.05) is 76.4 Å². The predicted molar refractivity (Wildman–Crippen MR) is 158 cm³/mol. The maximum absolute atomic E-state index is 14.1. The van der Waals surface area contributed by atoms with Crippen LogP contribution in [0.1, 0.15) is 80.7 Å². The number of carbonyl (C=O) groups excluding carboxylic acids is 1. The van der Waals surface area contributed by atoms with Gasteiger partial charge in [0, 0.05) is 12.1 Å². The predicted octanol–water partition coefficient (Wildman–Crippen LogP) is 7.13. The van der Waals surface area contributed by atoms with Crippen LogP contribution in [0.3, 0.4) is 0 Å². The normalized spacial score (nSPS) is 11.9. The Kier molecular flexibility index (Phi) is 9.53. The minimum atomic E-state index is -0.410. The minimum absolute atomic E-state index is 0.0463. The summed E-state index contributed by atoms with van der Waals surface area (Å²) in [5, 5.41) is 0.526. The van der Waals surface area contributed by atoms with E-state index in [0.29, 0.717) is 46.7 Å². The highest BCUT2D eigenvalue weighted by Gasteiger charge is 2.30. The topological polar surface area (TPSA) is 64.4 Å². The summed E-state index contributed by atoms with van der Waals surface area (Å²) in [7, 11) is 1.60. The van der Waals surface area contributed by atoms with Gasteiger partial charge in [-0.15, -0.1) is 0 Å². The molecule has 6 nitrogen and oxygen atoms in total. The third-order valence-corrected chi connectivity index (χ3v) is 7.31. The zero-order valence-corrected chi connectivity index (χ0v) is 23.5. The Morgan fingerprint density at radius 2 is 1.64 bits per heavy atom. The van der Waals surface area contributed by atoms with Crippen molar-refractivity contribution in [3.63, 3.8) is 0 Å². The number of aromatic nitrogens is 2. The molecule has 0 spiro atoms. The molecule has 0 radical (unpaired) electrons. The van der Waals surface area contributed by atoms with Crippen LogP contribution >= 0.6 is 0 Å². The molecule has 1 unspecified atom stereocenters. The van der Waals surface area contributed by atoms with Crippen molar-refractivity contribution < 1.29 is 9.53 Å². The van der Waals surface area contributed by atoms with Crippen molar-refractivity contribution in [1.82, 2.24) is 14.5 Å². The maximum atomic E-state index is 14.1. The van der Waals surface area contributed by atoms with Gasteiger partial charge in [-0.25, -0.2) is 4.98 Å². The first-order valence-electron chi connectivity index (χ1n) is 14.1. The SMILES string of the molecule is CCCCCCN(C(=O)c1ccc(CC)cc1)C(CC)c1nc2ccccc2c(=O)n1-c1ccccc1OC. The summed E-state index contributed by atoms with van der Waals surface area (Å²) in [5.74, 6) is 1.07. The lowest BCUT2D eigenvalue weighted by atomic mass is 10.0. The van der Waals surface area contributed by atoms with Gasteiger partial charge in [0.05, 0.1) is 29.7 Å². The molecule has 3 aromatic carbocycles. The lowest BCUT2D eigenvalue weighted by Gasteiger charge is -2.33. The summed E-state index contributed by atoms with van der Waals surface area (Å²) >= 11 is 0. The lowest BCUT2D eigenvalue weighted by Crippen LogP contribution is -2.39. The molecule has 4 aromatic rings. The summed E-state index contributed by atoms with van der Waals surface area (Å²) in [6.07, 6.45) is 5.67. The maximum Gasteiger partial charge on any atom is 0.266 e. The molecule has 1 atom stereocenters. The molecule has 6 heteroatoms. The number of amides is 1. The second kappa shape index (κ2) is 13.2. The van der Waals surface area contributed by atoms with E-state index in [1.54, 1.807) is 17.7 Å². The molecule has 0 saturated heterocycles. The average molecular weight is 526 g/mol. The van der Waals surface area contributed by atoms with Gasteiger partial charge in [-0.3, -0.25) is 14.2 Å². The van der Waals surface area contributed by atoms with Crippen LogP contribution in [0.4, 0.5) is 0 Å². The minimum Gasteiger partial charge on any atom is -0.495 e. The third-order valence-electron chi connectivity index (χ3n) is 7.31. The number of hydrogen-bond acceptors (Lipinski definition) is 4. The molecular formula is C33H39N3O3. The number of para-hydroxylation sites is 3. The third kappa shape index (κ3) is 6.06. The molecule has 39 heavy (non-hydrogen) atoms. The Morgan fingerprint density at radius 3 is 2.33 bits per heavy atom. The zero-order valence-electron chi connectivity index (χ0n) is 23.5. The molecule has 1 aromatic heterocycles.